The molecule has 14 heavy (non-hydrogen) atoms. The maximum atomic E-state index is 5.83. The highest BCUT2D eigenvalue weighted by Crippen LogP contribution is 2.24. The first kappa shape index (κ1) is 12.0. The van der Waals surface area contributed by atoms with Crippen molar-refractivity contribution in [3.05, 3.63) is 0 Å². The van der Waals surface area contributed by atoms with Gasteiger partial charge in [0.15, 0.2) is 0 Å². The van der Waals surface area contributed by atoms with Crippen molar-refractivity contribution < 1.29 is 0 Å². The Labute approximate surface area is 88.8 Å². The van der Waals surface area contributed by atoms with Gasteiger partial charge in [-0.1, -0.05) is 27.2 Å². The molecule has 1 rings (SSSR count). The van der Waals surface area contributed by atoms with Crippen LogP contribution in [0.4, 0.5) is 0 Å². The molecule has 0 radical (unpaired) electrons. The number of nitrogens with two attached hydrogens (primary N) is 1. The third-order valence-electron chi connectivity index (χ3n) is 3.49. The zero-order valence-corrected chi connectivity index (χ0v) is 10.00. The molecule has 0 aliphatic carbocycles. The van der Waals surface area contributed by atoms with Gasteiger partial charge in [-0.25, -0.2) is 0 Å². The first-order valence-electron chi connectivity index (χ1n) is 6.13. The summed E-state index contributed by atoms with van der Waals surface area (Å²) < 4.78 is 0. The van der Waals surface area contributed by atoms with Crippen LogP contribution in [0.1, 0.15) is 40.0 Å². The molecule has 0 bridgehead atoms. The predicted octanol–water partition coefficient (Wildman–Crippen LogP) is 2.09. The van der Waals surface area contributed by atoms with Crippen LogP contribution in [-0.4, -0.2) is 30.6 Å². The summed E-state index contributed by atoms with van der Waals surface area (Å²) in [6.07, 6.45) is 4.11. The normalized spacial score (nSPS) is 25.9. The fraction of sp³-hybridized carbons (Fsp3) is 1.00. The van der Waals surface area contributed by atoms with E-state index in [0.717, 1.165) is 12.5 Å². The topological polar surface area (TPSA) is 29.3 Å². The fourth-order valence-corrected chi connectivity index (χ4v) is 2.65. The summed E-state index contributed by atoms with van der Waals surface area (Å²) in [6.45, 7) is 10.2. The van der Waals surface area contributed by atoms with Crippen molar-refractivity contribution in [1.29, 1.82) is 0 Å². The van der Waals surface area contributed by atoms with Crippen molar-refractivity contribution in [2.75, 3.05) is 19.6 Å². The fourth-order valence-electron chi connectivity index (χ4n) is 2.65. The lowest BCUT2D eigenvalue weighted by Gasteiger charge is -2.29. The third kappa shape index (κ3) is 2.96. The first-order valence-corrected chi connectivity index (χ1v) is 6.13. The molecule has 2 N–H and O–H groups in total. The Morgan fingerprint density at radius 1 is 1.43 bits per heavy atom. The summed E-state index contributed by atoms with van der Waals surface area (Å²) in [6, 6.07) is 0.608. The SMILES string of the molecule is CCCC1CCN(C(CN)C(C)C)C1. The second kappa shape index (κ2) is 5.72. The Morgan fingerprint density at radius 2 is 2.14 bits per heavy atom. The van der Waals surface area contributed by atoms with Gasteiger partial charge < -0.3 is 5.73 Å². The Morgan fingerprint density at radius 3 is 2.64 bits per heavy atom. The third-order valence-corrected chi connectivity index (χ3v) is 3.49. The molecule has 2 nitrogen and oxygen atoms in total. The summed E-state index contributed by atoms with van der Waals surface area (Å²) in [4.78, 5) is 2.60. The number of nitrogens with zero attached hydrogens (tertiary/aromatic N) is 1. The van der Waals surface area contributed by atoms with Gasteiger partial charge >= 0.3 is 0 Å². The largest absolute Gasteiger partial charge is 0.329 e. The van der Waals surface area contributed by atoms with E-state index < -0.39 is 0 Å². The number of likely N-dealkylation sites (tertiary alicyclic amines) is 1. The number of rotatable bonds is 5. The molecular weight excluding hydrogens is 172 g/mol. The van der Waals surface area contributed by atoms with Crippen molar-refractivity contribution in [2.24, 2.45) is 17.6 Å². The molecule has 0 spiro atoms. The van der Waals surface area contributed by atoms with Gasteiger partial charge in [-0.3, -0.25) is 4.90 Å². The smallest absolute Gasteiger partial charge is 0.0241 e. The lowest BCUT2D eigenvalue weighted by molar-refractivity contribution is 0.189. The van der Waals surface area contributed by atoms with Crippen molar-refractivity contribution in [3.63, 3.8) is 0 Å². The van der Waals surface area contributed by atoms with Crippen LogP contribution < -0.4 is 5.73 Å². The summed E-state index contributed by atoms with van der Waals surface area (Å²) in [7, 11) is 0. The summed E-state index contributed by atoms with van der Waals surface area (Å²) >= 11 is 0. The van der Waals surface area contributed by atoms with E-state index in [4.69, 9.17) is 5.73 Å². The van der Waals surface area contributed by atoms with Crippen LogP contribution >= 0.6 is 0 Å². The molecule has 0 aromatic carbocycles. The van der Waals surface area contributed by atoms with E-state index in [1.807, 2.05) is 0 Å². The minimum absolute atomic E-state index is 0.608. The maximum Gasteiger partial charge on any atom is 0.0241 e. The zero-order chi connectivity index (χ0) is 10.6. The molecule has 1 saturated heterocycles. The summed E-state index contributed by atoms with van der Waals surface area (Å²) in [5, 5.41) is 0. The van der Waals surface area contributed by atoms with Crippen LogP contribution in [0.15, 0.2) is 0 Å². The van der Waals surface area contributed by atoms with Crippen LogP contribution in [0.3, 0.4) is 0 Å². The van der Waals surface area contributed by atoms with Crippen molar-refractivity contribution >= 4 is 0 Å². The second-order valence-electron chi connectivity index (χ2n) is 4.99. The summed E-state index contributed by atoms with van der Waals surface area (Å²) in [5.74, 6) is 1.63. The van der Waals surface area contributed by atoms with Gasteiger partial charge in [0.2, 0.25) is 0 Å². The molecule has 0 aromatic heterocycles. The molecule has 84 valence electrons. The Balaban J connectivity index is 2.39. The van der Waals surface area contributed by atoms with Crippen LogP contribution in [0, 0.1) is 11.8 Å². The van der Waals surface area contributed by atoms with Gasteiger partial charge in [0.25, 0.3) is 0 Å². The van der Waals surface area contributed by atoms with Crippen LogP contribution in [0.2, 0.25) is 0 Å². The van der Waals surface area contributed by atoms with E-state index in [2.05, 4.69) is 25.7 Å². The first-order chi connectivity index (χ1) is 6.69. The van der Waals surface area contributed by atoms with Crippen molar-refractivity contribution in [3.8, 4) is 0 Å². The van der Waals surface area contributed by atoms with E-state index in [-0.39, 0.29) is 0 Å². The molecular formula is C12H26N2. The van der Waals surface area contributed by atoms with Crippen LogP contribution in [0.5, 0.6) is 0 Å². The van der Waals surface area contributed by atoms with Gasteiger partial charge in [-0.05, 0) is 31.2 Å². The molecule has 0 saturated carbocycles. The molecule has 2 unspecified atom stereocenters. The van der Waals surface area contributed by atoms with Crippen LogP contribution in [-0.2, 0) is 0 Å². The van der Waals surface area contributed by atoms with E-state index in [1.54, 1.807) is 0 Å². The Bertz CT molecular complexity index is 156. The lowest BCUT2D eigenvalue weighted by atomic mass is 10.0. The standard InChI is InChI=1S/C12H26N2/c1-4-5-11-6-7-14(9-11)12(8-13)10(2)3/h10-12H,4-9,13H2,1-3H3. The molecule has 1 aliphatic rings. The average molecular weight is 198 g/mol. The Kier molecular flexibility index (Phi) is 4.90. The average Bonchev–Trinajstić information content (AvgIpc) is 2.54. The minimum Gasteiger partial charge on any atom is -0.329 e. The molecule has 0 aromatic rings. The van der Waals surface area contributed by atoms with Gasteiger partial charge in [0, 0.05) is 19.1 Å². The monoisotopic (exact) mass is 198 g/mol. The van der Waals surface area contributed by atoms with Gasteiger partial charge in [-0.2, -0.15) is 0 Å². The molecule has 1 fully saturated rings. The van der Waals surface area contributed by atoms with E-state index in [9.17, 15) is 0 Å². The second-order valence-corrected chi connectivity index (χ2v) is 4.99. The highest BCUT2D eigenvalue weighted by atomic mass is 15.2. The molecule has 2 heteroatoms. The van der Waals surface area contributed by atoms with Crippen molar-refractivity contribution in [2.45, 2.75) is 46.1 Å². The van der Waals surface area contributed by atoms with Gasteiger partial charge in [0.1, 0.15) is 0 Å². The highest BCUT2D eigenvalue weighted by Gasteiger charge is 2.28. The Hall–Kier alpha value is -0.0800. The quantitative estimate of drug-likeness (QED) is 0.733. The predicted molar refractivity (Wildman–Crippen MR) is 62.3 cm³/mol. The van der Waals surface area contributed by atoms with Crippen LogP contribution in [0.25, 0.3) is 0 Å². The van der Waals surface area contributed by atoms with Gasteiger partial charge in [-0.15, -0.1) is 0 Å². The maximum absolute atomic E-state index is 5.83. The zero-order valence-electron chi connectivity index (χ0n) is 10.00. The summed E-state index contributed by atoms with van der Waals surface area (Å²) in [5.41, 5.74) is 5.83. The van der Waals surface area contributed by atoms with Gasteiger partial charge in [0.05, 0.1) is 0 Å². The highest BCUT2D eigenvalue weighted by molar-refractivity contribution is 4.83. The van der Waals surface area contributed by atoms with E-state index in [0.29, 0.717) is 12.0 Å². The lowest BCUT2D eigenvalue weighted by Crippen LogP contribution is -2.42. The van der Waals surface area contributed by atoms with E-state index in [1.165, 1.54) is 32.4 Å². The number of hydrogen-bond acceptors (Lipinski definition) is 2. The van der Waals surface area contributed by atoms with E-state index >= 15 is 0 Å². The number of hydrogen-bond donors (Lipinski definition) is 1. The molecule has 0 amide bonds. The molecule has 1 heterocycles. The van der Waals surface area contributed by atoms with Crippen molar-refractivity contribution in [1.82, 2.24) is 4.90 Å². The molecule has 1 aliphatic heterocycles. The minimum atomic E-state index is 0.608. The molecule has 2 atom stereocenters.